The average molecular weight is 291 g/mol. The minimum absolute atomic E-state index is 0.0255. The van der Waals surface area contributed by atoms with E-state index in [-0.39, 0.29) is 4.90 Å². The topological polar surface area (TPSA) is 72.5 Å². The van der Waals surface area contributed by atoms with E-state index in [4.69, 9.17) is 0 Å². The molecule has 0 aliphatic heterocycles. The lowest BCUT2D eigenvalue weighted by Crippen LogP contribution is -2.27. The molecule has 0 aromatic heterocycles. The average Bonchev–Trinajstić information content (AvgIpc) is 2.46. The molecular weight excluding hydrogens is 278 g/mol. The molecule has 5 nitrogen and oxygen atoms in total. The molecule has 2 aromatic rings. The minimum atomic E-state index is -3.87. The molecule has 0 saturated heterocycles. The van der Waals surface area contributed by atoms with Crippen molar-refractivity contribution in [1.29, 1.82) is 0 Å². The summed E-state index contributed by atoms with van der Waals surface area (Å²) in [6.07, 6.45) is 0. The minimum Gasteiger partial charge on any atom is -0.351 e. The summed E-state index contributed by atoms with van der Waals surface area (Å²) < 4.78 is 23.7. The number of benzene rings is 2. The lowest BCUT2D eigenvalue weighted by Gasteiger charge is -2.08. The van der Waals surface area contributed by atoms with Gasteiger partial charge in [0.15, 0.2) is 0 Å². The zero-order valence-corrected chi connectivity index (χ0v) is 11.6. The van der Waals surface area contributed by atoms with Crippen molar-refractivity contribution in [3.05, 3.63) is 65.7 Å². The zero-order valence-electron chi connectivity index (χ0n) is 10.7. The maximum absolute atomic E-state index is 11.9. The second-order valence-electron chi connectivity index (χ2n) is 4.10. The number of sulfonamides is 1. The third kappa shape index (κ3) is 3.23. The highest BCUT2D eigenvalue weighted by atomic mass is 32.2. The van der Waals surface area contributed by atoms with Crippen molar-refractivity contribution in [1.82, 2.24) is 4.89 Å². The molecule has 0 saturated carbocycles. The number of carbonyl (C=O) groups is 1. The van der Waals surface area contributed by atoms with Crippen LogP contribution < -0.4 is 4.89 Å². The first kappa shape index (κ1) is 14.2. The fraction of sp³-hybridized carbons (Fsp3) is 0.0714. The molecule has 1 N–H and O–H groups in total. The molecule has 0 aliphatic rings. The van der Waals surface area contributed by atoms with Crippen molar-refractivity contribution in [3.8, 4) is 0 Å². The highest BCUT2D eigenvalue weighted by Crippen LogP contribution is 2.10. The van der Waals surface area contributed by atoms with Gasteiger partial charge in [0, 0.05) is 0 Å². The maximum Gasteiger partial charge on any atom is 0.358 e. The van der Waals surface area contributed by atoms with E-state index >= 15 is 0 Å². The Bertz CT molecular complexity index is 711. The summed E-state index contributed by atoms with van der Waals surface area (Å²) in [5.41, 5.74) is 1.01. The molecule has 0 radical (unpaired) electrons. The molecule has 2 rings (SSSR count). The quantitative estimate of drug-likeness (QED) is 0.875. The van der Waals surface area contributed by atoms with E-state index in [1.165, 1.54) is 12.1 Å². The number of carbonyl (C=O) groups excluding carboxylic acids is 1. The molecule has 0 amide bonds. The van der Waals surface area contributed by atoms with E-state index in [2.05, 4.69) is 4.84 Å². The summed E-state index contributed by atoms with van der Waals surface area (Å²) in [6, 6.07) is 14.4. The molecule has 0 heterocycles. The maximum atomic E-state index is 11.9. The lowest BCUT2D eigenvalue weighted by atomic mass is 10.1. The van der Waals surface area contributed by atoms with Gasteiger partial charge < -0.3 is 4.84 Å². The van der Waals surface area contributed by atoms with Crippen molar-refractivity contribution in [2.45, 2.75) is 11.8 Å². The monoisotopic (exact) mass is 291 g/mol. The first-order chi connectivity index (χ1) is 9.50. The SMILES string of the molecule is Cc1ccccc1C(=O)ONS(=O)(=O)c1ccccc1. The van der Waals surface area contributed by atoms with Crippen molar-refractivity contribution >= 4 is 16.0 Å². The van der Waals surface area contributed by atoms with Crippen LogP contribution in [0.1, 0.15) is 15.9 Å². The smallest absolute Gasteiger partial charge is 0.351 e. The third-order valence-electron chi connectivity index (χ3n) is 2.66. The van der Waals surface area contributed by atoms with Gasteiger partial charge in [-0.05, 0) is 35.6 Å². The van der Waals surface area contributed by atoms with Gasteiger partial charge in [0.05, 0.1) is 10.5 Å². The van der Waals surface area contributed by atoms with Crippen LogP contribution in [0.2, 0.25) is 0 Å². The Labute approximate surface area is 117 Å². The summed E-state index contributed by atoms with van der Waals surface area (Å²) in [4.78, 5) is 18.3. The Hall–Kier alpha value is -2.18. The van der Waals surface area contributed by atoms with E-state index in [1.807, 2.05) is 4.89 Å². The van der Waals surface area contributed by atoms with Gasteiger partial charge in [-0.2, -0.15) is 0 Å². The number of rotatable bonds is 4. The van der Waals surface area contributed by atoms with Crippen LogP contribution in [-0.4, -0.2) is 14.4 Å². The van der Waals surface area contributed by atoms with Crippen molar-refractivity contribution in [2.75, 3.05) is 0 Å². The highest BCUT2D eigenvalue weighted by molar-refractivity contribution is 7.89. The van der Waals surface area contributed by atoms with Crippen LogP contribution in [0.15, 0.2) is 59.5 Å². The molecule has 104 valence electrons. The van der Waals surface area contributed by atoms with Crippen LogP contribution in [0.3, 0.4) is 0 Å². The normalized spacial score (nSPS) is 11.1. The molecule has 0 atom stereocenters. The van der Waals surface area contributed by atoms with Gasteiger partial charge in [0.2, 0.25) is 0 Å². The molecule has 0 bridgehead atoms. The molecule has 0 fully saturated rings. The molecule has 2 aromatic carbocycles. The fourth-order valence-corrected chi connectivity index (χ4v) is 2.39. The van der Waals surface area contributed by atoms with Gasteiger partial charge in [0.1, 0.15) is 0 Å². The third-order valence-corrected chi connectivity index (χ3v) is 3.86. The summed E-state index contributed by atoms with van der Waals surface area (Å²) in [5, 5.41) is 0. The number of nitrogens with one attached hydrogen (secondary N) is 1. The van der Waals surface area contributed by atoms with Gasteiger partial charge in [0.25, 0.3) is 10.0 Å². The predicted octanol–water partition coefficient (Wildman–Crippen LogP) is 2.05. The number of hydrogen-bond acceptors (Lipinski definition) is 4. The van der Waals surface area contributed by atoms with Gasteiger partial charge in [-0.3, -0.25) is 0 Å². The van der Waals surface area contributed by atoms with Crippen molar-refractivity contribution in [2.24, 2.45) is 0 Å². The molecule has 0 unspecified atom stereocenters. The number of aryl methyl sites for hydroxylation is 1. The predicted molar refractivity (Wildman–Crippen MR) is 73.4 cm³/mol. The van der Waals surface area contributed by atoms with Gasteiger partial charge in [-0.15, -0.1) is 0 Å². The van der Waals surface area contributed by atoms with E-state index < -0.39 is 16.0 Å². The Morgan fingerprint density at radius 1 is 1.00 bits per heavy atom. The molecule has 20 heavy (non-hydrogen) atoms. The molecule has 6 heteroatoms. The summed E-state index contributed by atoms with van der Waals surface area (Å²) in [7, 11) is -3.87. The number of hydrogen-bond donors (Lipinski definition) is 1. The van der Waals surface area contributed by atoms with Crippen molar-refractivity contribution in [3.63, 3.8) is 0 Å². The van der Waals surface area contributed by atoms with Crippen LogP contribution in [0.25, 0.3) is 0 Å². The molecule has 0 aliphatic carbocycles. The van der Waals surface area contributed by atoms with Gasteiger partial charge >= 0.3 is 5.97 Å². The Morgan fingerprint density at radius 2 is 1.60 bits per heavy atom. The molecule has 0 spiro atoms. The van der Waals surface area contributed by atoms with Crippen LogP contribution in [-0.2, 0) is 14.9 Å². The van der Waals surface area contributed by atoms with Crippen LogP contribution in [0, 0.1) is 6.92 Å². The van der Waals surface area contributed by atoms with E-state index in [0.717, 1.165) is 0 Å². The van der Waals surface area contributed by atoms with E-state index in [0.29, 0.717) is 11.1 Å². The molecular formula is C14H13NO4S. The second-order valence-corrected chi connectivity index (χ2v) is 5.75. The first-order valence-electron chi connectivity index (χ1n) is 5.84. The standard InChI is InChI=1S/C14H13NO4S/c1-11-7-5-6-10-13(11)14(16)19-15-20(17,18)12-8-3-2-4-9-12/h2-10,15H,1H3. The summed E-state index contributed by atoms with van der Waals surface area (Å²) in [6.45, 7) is 1.74. The fourth-order valence-electron chi connectivity index (χ4n) is 1.60. The van der Waals surface area contributed by atoms with E-state index in [1.54, 1.807) is 49.4 Å². The van der Waals surface area contributed by atoms with Crippen LogP contribution in [0.5, 0.6) is 0 Å². The zero-order chi connectivity index (χ0) is 14.6. The Morgan fingerprint density at radius 3 is 2.25 bits per heavy atom. The van der Waals surface area contributed by atoms with Crippen LogP contribution >= 0.6 is 0 Å². The lowest BCUT2D eigenvalue weighted by molar-refractivity contribution is 0.0406. The second kappa shape index (κ2) is 5.85. The highest BCUT2D eigenvalue weighted by Gasteiger charge is 2.17. The first-order valence-corrected chi connectivity index (χ1v) is 7.33. The largest absolute Gasteiger partial charge is 0.358 e. The summed E-state index contributed by atoms with van der Waals surface area (Å²) in [5.74, 6) is -0.748. The van der Waals surface area contributed by atoms with Crippen molar-refractivity contribution < 1.29 is 18.0 Å². The Kier molecular flexibility index (Phi) is 4.16. The van der Waals surface area contributed by atoms with Gasteiger partial charge in [-0.1, -0.05) is 36.4 Å². The van der Waals surface area contributed by atoms with Crippen LogP contribution in [0.4, 0.5) is 0 Å². The Balaban J connectivity index is 2.10. The van der Waals surface area contributed by atoms with Gasteiger partial charge in [-0.25, -0.2) is 13.2 Å². The summed E-state index contributed by atoms with van der Waals surface area (Å²) >= 11 is 0. The van der Waals surface area contributed by atoms with E-state index in [9.17, 15) is 13.2 Å².